The third-order valence-electron chi connectivity index (χ3n) is 3.27. The summed E-state index contributed by atoms with van der Waals surface area (Å²) in [5, 5.41) is 13.7. The van der Waals surface area contributed by atoms with Gasteiger partial charge in [-0.15, -0.1) is 0 Å². The first kappa shape index (κ1) is 13.3. The summed E-state index contributed by atoms with van der Waals surface area (Å²) in [6.45, 7) is 2.06. The summed E-state index contributed by atoms with van der Waals surface area (Å²) < 4.78 is 1.40. The summed E-state index contributed by atoms with van der Waals surface area (Å²) in [5.41, 5.74) is 3.08. The van der Waals surface area contributed by atoms with E-state index < -0.39 is 5.97 Å². The Kier molecular flexibility index (Phi) is 3.39. The second kappa shape index (κ2) is 5.36. The predicted octanol–water partition coefficient (Wildman–Crippen LogP) is 3.05. The lowest BCUT2D eigenvalue weighted by molar-refractivity contribution is 0.0687. The molecule has 0 radical (unpaired) electrons. The Morgan fingerprint density at radius 3 is 2.67 bits per heavy atom. The van der Waals surface area contributed by atoms with Crippen LogP contribution < -0.4 is 0 Å². The van der Waals surface area contributed by atoms with Crippen molar-refractivity contribution >= 4 is 11.6 Å². The number of aryl methyl sites for hydroxylation is 1. The number of rotatable bonds is 4. The van der Waals surface area contributed by atoms with Crippen LogP contribution >= 0.6 is 0 Å². The molecule has 0 aliphatic heterocycles. The average molecular weight is 281 g/mol. The van der Waals surface area contributed by atoms with E-state index in [2.05, 4.69) is 17.0 Å². The van der Waals surface area contributed by atoms with Crippen LogP contribution in [0.2, 0.25) is 0 Å². The van der Waals surface area contributed by atoms with Crippen molar-refractivity contribution in [2.45, 2.75) is 19.8 Å². The Balaban J connectivity index is 2.22. The van der Waals surface area contributed by atoms with E-state index in [-0.39, 0.29) is 5.69 Å². The molecule has 2 heterocycles. The monoisotopic (exact) mass is 281 g/mol. The molecular formula is C16H15N3O2. The number of aromatic carboxylic acids is 1. The minimum Gasteiger partial charge on any atom is -0.477 e. The molecule has 0 saturated carbocycles. The zero-order chi connectivity index (χ0) is 14.8. The topological polar surface area (TPSA) is 67.5 Å². The minimum absolute atomic E-state index is 0.126. The zero-order valence-electron chi connectivity index (χ0n) is 11.7. The first-order chi connectivity index (χ1) is 10.2. The van der Waals surface area contributed by atoms with Crippen LogP contribution in [0, 0.1) is 0 Å². The Hall–Kier alpha value is -2.69. The largest absolute Gasteiger partial charge is 0.477 e. The van der Waals surface area contributed by atoms with Gasteiger partial charge >= 0.3 is 5.97 Å². The molecule has 5 nitrogen and oxygen atoms in total. The van der Waals surface area contributed by atoms with Crippen LogP contribution in [-0.2, 0) is 6.42 Å². The van der Waals surface area contributed by atoms with Gasteiger partial charge in [-0.1, -0.05) is 43.7 Å². The highest BCUT2D eigenvalue weighted by molar-refractivity contribution is 5.88. The van der Waals surface area contributed by atoms with Gasteiger partial charge in [0.05, 0.1) is 11.4 Å². The number of carbonyl (C=O) groups is 1. The maximum absolute atomic E-state index is 11.5. The number of carboxylic acid groups (broad SMARTS) is 1. The standard InChI is InChI=1S/C16H15N3O2/c1-2-6-12-9-15-17-13(11-7-4-3-5-8-11)10-14(16(20)21)19(15)18-12/h3-5,7-10H,2,6H2,1H3,(H,20,21). The first-order valence-corrected chi connectivity index (χ1v) is 6.87. The Bertz CT molecular complexity index is 794. The van der Waals surface area contributed by atoms with Gasteiger partial charge in [-0.3, -0.25) is 0 Å². The fraction of sp³-hybridized carbons (Fsp3) is 0.188. The molecule has 1 aromatic carbocycles. The van der Waals surface area contributed by atoms with Gasteiger partial charge < -0.3 is 5.11 Å². The van der Waals surface area contributed by atoms with Crippen LogP contribution in [-0.4, -0.2) is 25.7 Å². The van der Waals surface area contributed by atoms with Gasteiger partial charge in [-0.2, -0.15) is 5.10 Å². The molecule has 0 bridgehead atoms. The van der Waals surface area contributed by atoms with Gasteiger partial charge in [0.15, 0.2) is 11.3 Å². The van der Waals surface area contributed by atoms with Gasteiger partial charge in [0.1, 0.15) is 0 Å². The first-order valence-electron chi connectivity index (χ1n) is 6.87. The highest BCUT2D eigenvalue weighted by Crippen LogP contribution is 2.20. The van der Waals surface area contributed by atoms with Gasteiger partial charge in [0, 0.05) is 11.6 Å². The minimum atomic E-state index is -1.01. The third kappa shape index (κ3) is 2.50. The molecule has 0 saturated heterocycles. The molecule has 3 rings (SSSR count). The average Bonchev–Trinajstić information content (AvgIpc) is 2.89. The second-order valence-corrected chi connectivity index (χ2v) is 4.85. The summed E-state index contributed by atoms with van der Waals surface area (Å²) >= 11 is 0. The number of hydrogen-bond donors (Lipinski definition) is 1. The second-order valence-electron chi connectivity index (χ2n) is 4.85. The van der Waals surface area contributed by atoms with Crippen molar-refractivity contribution in [1.82, 2.24) is 14.6 Å². The van der Waals surface area contributed by atoms with Crippen LogP contribution in [0.5, 0.6) is 0 Å². The molecule has 1 N–H and O–H groups in total. The van der Waals surface area contributed by atoms with Gasteiger partial charge in [-0.25, -0.2) is 14.3 Å². The van der Waals surface area contributed by atoms with E-state index in [4.69, 9.17) is 0 Å². The number of nitrogens with zero attached hydrogens (tertiary/aromatic N) is 3. The van der Waals surface area contributed by atoms with Crippen molar-refractivity contribution in [3.05, 3.63) is 53.9 Å². The normalized spacial score (nSPS) is 10.9. The lowest BCUT2D eigenvalue weighted by Gasteiger charge is -2.04. The van der Waals surface area contributed by atoms with Crippen LogP contribution in [0.3, 0.4) is 0 Å². The van der Waals surface area contributed by atoms with E-state index in [9.17, 15) is 9.90 Å². The molecule has 2 aromatic heterocycles. The van der Waals surface area contributed by atoms with Crippen LogP contribution in [0.4, 0.5) is 0 Å². The summed E-state index contributed by atoms with van der Waals surface area (Å²) in [7, 11) is 0. The van der Waals surface area contributed by atoms with E-state index in [1.165, 1.54) is 4.52 Å². The summed E-state index contributed by atoms with van der Waals surface area (Å²) in [4.78, 5) is 16.0. The van der Waals surface area contributed by atoms with Crippen LogP contribution in [0.1, 0.15) is 29.5 Å². The number of benzene rings is 1. The molecule has 0 atom stereocenters. The smallest absolute Gasteiger partial charge is 0.354 e. The van der Waals surface area contributed by atoms with Crippen molar-refractivity contribution in [2.75, 3.05) is 0 Å². The molecule has 0 spiro atoms. The quantitative estimate of drug-likeness (QED) is 0.798. The summed E-state index contributed by atoms with van der Waals surface area (Å²) in [6.07, 6.45) is 1.76. The van der Waals surface area contributed by atoms with Crippen molar-refractivity contribution in [3.8, 4) is 11.3 Å². The number of hydrogen-bond acceptors (Lipinski definition) is 3. The molecule has 5 heteroatoms. The fourth-order valence-corrected chi connectivity index (χ4v) is 2.31. The number of carboxylic acids is 1. The van der Waals surface area contributed by atoms with Crippen molar-refractivity contribution in [2.24, 2.45) is 0 Å². The lowest BCUT2D eigenvalue weighted by Crippen LogP contribution is -2.08. The fourth-order valence-electron chi connectivity index (χ4n) is 2.31. The third-order valence-corrected chi connectivity index (χ3v) is 3.27. The predicted molar refractivity (Wildman–Crippen MR) is 79.4 cm³/mol. The van der Waals surface area contributed by atoms with E-state index in [1.54, 1.807) is 6.07 Å². The van der Waals surface area contributed by atoms with Crippen molar-refractivity contribution in [3.63, 3.8) is 0 Å². The van der Waals surface area contributed by atoms with Gasteiger partial charge in [0.25, 0.3) is 0 Å². The molecule has 0 amide bonds. The number of aromatic nitrogens is 3. The SMILES string of the molecule is CCCc1cc2nc(-c3ccccc3)cc(C(=O)O)n2n1. The summed E-state index contributed by atoms with van der Waals surface area (Å²) in [6, 6.07) is 13.0. The van der Waals surface area contributed by atoms with E-state index >= 15 is 0 Å². The maximum atomic E-state index is 11.5. The van der Waals surface area contributed by atoms with Crippen LogP contribution in [0.15, 0.2) is 42.5 Å². The van der Waals surface area contributed by atoms with E-state index in [0.717, 1.165) is 24.1 Å². The Morgan fingerprint density at radius 1 is 1.24 bits per heavy atom. The molecule has 0 fully saturated rings. The Morgan fingerprint density at radius 2 is 2.00 bits per heavy atom. The molecule has 0 aliphatic rings. The van der Waals surface area contributed by atoms with E-state index in [0.29, 0.717) is 11.3 Å². The van der Waals surface area contributed by atoms with Crippen molar-refractivity contribution in [1.29, 1.82) is 0 Å². The van der Waals surface area contributed by atoms with Crippen LogP contribution in [0.25, 0.3) is 16.9 Å². The molecule has 0 unspecified atom stereocenters. The highest BCUT2D eigenvalue weighted by atomic mass is 16.4. The maximum Gasteiger partial charge on any atom is 0.354 e. The zero-order valence-corrected chi connectivity index (χ0v) is 11.7. The van der Waals surface area contributed by atoms with Crippen molar-refractivity contribution < 1.29 is 9.90 Å². The molecular weight excluding hydrogens is 266 g/mol. The van der Waals surface area contributed by atoms with Gasteiger partial charge in [0.2, 0.25) is 0 Å². The Labute approximate surface area is 121 Å². The lowest BCUT2D eigenvalue weighted by atomic mass is 10.1. The number of fused-ring (bicyclic) bond motifs is 1. The van der Waals surface area contributed by atoms with Gasteiger partial charge in [-0.05, 0) is 12.5 Å². The molecule has 0 aliphatic carbocycles. The van der Waals surface area contributed by atoms with E-state index in [1.807, 2.05) is 36.4 Å². The molecule has 3 aromatic rings. The molecule has 21 heavy (non-hydrogen) atoms. The summed E-state index contributed by atoms with van der Waals surface area (Å²) in [5.74, 6) is -1.01. The molecule has 106 valence electrons. The highest BCUT2D eigenvalue weighted by Gasteiger charge is 2.15.